The van der Waals surface area contributed by atoms with Crippen molar-refractivity contribution in [1.82, 2.24) is 0 Å². The molecule has 1 rings (SSSR count). The Morgan fingerprint density at radius 2 is 2.06 bits per heavy atom. The summed E-state index contributed by atoms with van der Waals surface area (Å²) in [5, 5.41) is 27.5. The van der Waals surface area contributed by atoms with Crippen LogP contribution < -0.4 is 5.73 Å². The Labute approximate surface area is 97.3 Å². The van der Waals surface area contributed by atoms with E-state index in [4.69, 9.17) is 10.8 Å². The molecule has 6 heteroatoms. The van der Waals surface area contributed by atoms with Crippen molar-refractivity contribution in [1.29, 1.82) is 0 Å². The summed E-state index contributed by atoms with van der Waals surface area (Å²) in [7, 11) is 0. The molecule has 5 N–H and O–H groups in total. The lowest BCUT2D eigenvalue weighted by Gasteiger charge is -2.18. The lowest BCUT2D eigenvalue weighted by Crippen LogP contribution is -2.23. The Morgan fingerprint density at radius 1 is 1.47 bits per heavy atom. The second kappa shape index (κ2) is 5.11. The molecule has 1 aromatic carbocycles. The van der Waals surface area contributed by atoms with Gasteiger partial charge in [-0.25, -0.2) is 4.39 Å². The fourth-order valence-electron chi connectivity index (χ4n) is 1.45. The average molecular weight is 243 g/mol. The van der Waals surface area contributed by atoms with E-state index in [0.717, 1.165) is 0 Å². The number of hydrogen-bond donors (Lipinski definition) is 4. The van der Waals surface area contributed by atoms with Crippen molar-refractivity contribution < 1.29 is 24.5 Å². The molecule has 0 aliphatic carbocycles. The number of aliphatic hydroxyl groups excluding tert-OH is 2. The van der Waals surface area contributed by atoms with Gasteiger partial charge in [0.2, 0.25) is 0 Å². The van der Waals surface area contributed by atoms with Crippen LogP contribution in [0.2, 0.25) is 0 Å². The largest absolute Gasteiger partial charge is 0.481 e. The molecule has 0 aliphatic heterocycles. The van der Waals surface area contributed by atoms with E-state index >= 15 is 0 Å². The van der Waals surface area contributed by atoms with Crippen molar-refractivity contribution in [2.45, 2.75) is 25.6 Å². The smallest absolute Gasteiger partial charge is 0.306 e. The van der Waals surface area contributed by atoms with Crippen LogP contribution in [0.1, 0.15) is 23.7 Å². The quantitative estimate of drug-likeness (QED) is 0.579. The van der Waals surface area contributed by atoms with Crippen molar-refractivity contribution in [3.05, 3.63) is 29.1 Å². The number of rotatable bonds is 4. The van der Waals surface area contributed by atoms with Gasteiger partial charge in [0.15, 0.2) is 0 Å². The van der Waals surface area contributed by atoms with Crippen molar-refractivity contribution in [2.24, 2.45) is 0 Å². The van der Waals surface area contributed by atoms with Crippen LogP contribution in [0.5, 0.6) is 0 Å². The van der Waals surface area contributed by atoms with Gasteiger partial charge in [-0.3, -0.25) is 4.79 Å². The lowest BCUT2D eigenvalue weighted by atomic mass is 9.99. The van der Waals surface area contributed by atoms with Gasteiger partial charge in [0, 0.05) is 16.8 Å². The van der Waals surface area contributed by atoms with Crippen LogP contribution in [0, 0.1) is 12.7 Å². The van der Waals surface area contributed by atoms with Crippen LogP contribution in [-0.2, 0) is 4.79 Å². The first-order chi connectivity index (χ1) is 7.84. The van der Waals surface area contributed by atoms with Crippen molar-refractivity contribution >= 4 is 11.7 Å². The fraction of sp³-hybridized carbons (Fsp3) is 0.364. The maximum absolute atomic E-state index is 13.7. The maximum Gasteiger partial charge on any atom is 0.306 e. The van der Waals surface area contributed by atoms with E-state index in [2.05, 4.69) is 0 Å². The Hall–Kier alpha value is -1.66. The minimum absolute atomic E-state index is 0.157. The predicted molar refractivity (Wildman–Crippen MR) is 58.8 cm³/mol. The van der Waals surface area contributed by atoms with Crippen molar-refractivity contribution in [3.63, 3.8) is 0 Å². The molecule has 0 fully saturated rings. The van der Waals surface area contributed by atoms with Gasteiger partial charge in [-0.15, -0.1) is 0 Å². The molecule has 0 heterocycles. The number of anilines is 1. The summed E-state index contributed by atoms with van der Waals surface area (Å²) in [6.45, 7) is 1.43. The van der Waals surface area contributed by atoms with E-state index in [1.807, 2.05) is 0 Å². The maximum atomic E-state index is 13.7. The number of carboxylic acid groups (broad SMARTS) is 1. The molecular formula is C11H14FNO4. The first kappa shape index (κ1) is 13.4. The highest BCUT2D eigenvalue weighted by molar-refractivity contribution is 5.67. The minimum Gasteiger partial charge on any atom is -0.481 e. The van der Waals surface area contributed by atoms with Crippen LogP contribution in [0.4, 0.5) is 10.1 Å². The molecular weight excluding hydrogens is 229 g/mol. The summed E-state index contributed by atoms with van der Waals surface area (Å²) < 4.78 is 13.7. The molecule has 0 saturated heterocycles. The number of hydrogen-bond acceptors (Lipinski definition) is 4. The van der Waals surface area contributed by atoms with Gasteiger partial charge < -0.3 is 21.1 Å². The number of carbonyl (C=O) groups is 1. The molecule has 17 heavy (non-hydrogen) atoms. The number of aliphatic hydroxyl groups is 2. The molecule has 0 radical (unpaired) electrons. The summed E-state index contributed by atoms with van der Waals surface area (Å²) in [5.41, 5.74) is 5.69. The van der Waals surface area contributed by atoms with E-state index in [1.165, 1.54) is 19.1 Å². The highest BCUT2D eigenvalue weighted by Crippen LogP contribution is 2.26. The molecule has 2 atom stereocenters. The molecule has 1 aromatic rings. The fourth-order valence-corrected chi connectivity index (χ4v) is 1.45. The number of aliphatic carboxylic acids is 1. The Kier molecular flexibility index (Phi) is 4.03. The van der Waals surface area contributed by atoms with E-state index in [0.29, 0.717) is 0 Å². The van der Waals surface area contributed by atoms with Gasteiger partial charge in [0.05, 0.1) is 12.5 Å². The molecule has 2 unspecified atom stereocenters. The predicted octanol–water partition coefficient (Wildman–Crippen LogP) is 0.585. The Morgan fingerprint density at radius 3 is 2.59 bits per heavy atom. The van der Waals surface area contributed by atoms with Crippen LogP contribution >= 0.6 is 0 Å². The SMILES string of the molecule is Cc1c(N)ccc(C(O)C(O)CC(=O)O)c1F. The molecule has 0 aromatic heterocycles. The molecule has 0 bridgehead atoms. The zero-order valence-electron chi connectivity index (χ0n) is 9.22. The lowest BCUT2D eigenvalue weighted by molar-refractivity contribution is -0.141. The van der Waals surface area contributed by atoms with Gasteiger partial charge in [0.25, 0.3) is 0 Å². The topological polar surface area (TPSA) is 104 Å². The van der Waals surface area contributed by atoms with Gasteiger partial charge in [0.1, 0.15) is 11.9 Å². The van der Waals surface area contributed by atoms with Gasteiger partial charge in [-0.2, -0.15) is 0 Å². The van der Waals surface area contributed by atoms with Crippen LogP contribution in [0.15, 0.2) is 12.1 Å². The molecule has 0 saturated carbocycles. The zero-order chi connectivity index (χ0) is 13.2. The van der Waals surface area contributed by atoms with Crippen molar-refractivity contribution in [2.75, 3.05) is 5.73 Å². The third-order valence-electron chi connectivity index (χ3n) is 2.53. The number of benzene rings is 1. The molecule has 5 nitrogen and oxygen atoms in total. The highest BCUT2D eigenvalue weighted by atomic mass is 19.1. The number of halogens is 1. The number of nitrogen functional groups attached to an aromatic ring is 1. The third-order valence-corrected chi connectivity index (χ3v) is 2.53. The Balaban J connectivity index is 3.00. The first-order valence-electron chi connectivity index (χ1n) is 4.97. The second-order valence-electron chi connectivity index (χ2n) is 3.79. The molecule has 0 aliphatic rings. The minimum atomic E-state index is -1.59. The summed E-state index contributed by atoms with van der Waals surface area (Å²) in [4.78, 5) is 10.4. The van der Waals surface area contributed by atoms with Crippen LogP contribution in [0.3, 0.4) is 0 Å². The summed E-state index contributed by atoms with van der Waals surface area (Å²) >= 11 is 0. The summed E-state index contributed by atoms with van der Waals surface area (Å²) in [6.07, 6.45) is -3.82. The number of nitrogens with two attached hydrogens (primary N) is 1. The van der Waals surface area contributed by atoms with E-state index in [1.54, 1.807) is 0 Å². The monoisotopic (exact) mass is 243 g/mol. The molecule has 94 valence electrons. The van der Waals surface area contributed by atoms with Gasteiger partial charge in [-0.05, 0) is 13.0 Å². The summed E-state index contributed by atoms with van der Waals surface area (Å²) in [5.74, 6) is -2.01. The number of carboxylic acids is 1. The normalized spacial score (nSPS) is 14.4. The standard InChI is InChI=1S/C11H14FNO4/c1-5-7(13)3-2-6(10(5)12)11(17)8(14)4-9(15)16/h2-3,8,11,14,17H,4,13H2,1H3,(H,15,16). The average Bonchev–Trinajstić information content (AvgIpc) is 2.24. The van der Waals surface area contributed by atoms with E-state index in [-0.39, 0.29) is 16.8 Å². The molecule has 0 spiro atoms. The highest BCUT2D eigenvalue weighted by Gasteiger charge is 2.24. The Bertz CT molecular complexity index is 436. The molecule has 0 amide bonds. The van der Waals surface area contributed by atoms with E-state index in [9.17, 15) is 19.4 Å². The third kappa shape index (κ3) is 2.92. The van der Waals surface area contributed by atoms with Crippen molar-refractivity contribution in [3.8, 4) is 0 Å². The van der Waals surface area contributed by atoms with Crippen LogP contribution in [-0.4, -0.2) is 27.4 Å². The van der Waals surface area contributed by atoms with Gasteiger partial charge in [-0.1, -0.05) is 6.07 Å². The summed E-state index contributed by atoms with van der Waals surface area (Å²) in [6, 6.07) is 2.62. The van der Waals surface area contributed by atoms with Crippen LogP contribution in [0.25, 0.3) is 0 Å². The second-order valence-corrected chi connectivity index (χ2v) is 3.79. The zero-order valence-corrected chi connectivity index (χ0v) is 9.22. The first-order valence-corrected chi connectivity index (χ1v) is 4.97. The van der Waals surface area contributed by atoms with E-state index < -0.39 is 30.4 Å². The van der Waals surface area contributed by atoms with Gasteiger partial charge >= 0.3 is 5.97 Å².